The Bertz CT molecular complexity index is 1240. The third-order valence-electron chi connectivity index (χ3n) is 5.04. The van der Waals surface area contributed by atoms with Crippen LogP contribution in [0.25, 0.3) is 10.9 Å². The highest BCUT2D eigenvalue weighted by Gasteiger charge is 2.24. The van der Waals surface area contributed by atoms with E-state index in [1.165, 1.54) is 23.8 Å². The molecule has 2 heterocycles. The van der Waals surface area contributed by atoms with Crippen LogP contribution in [0.2, 0.25) is 0 Å². The molecular formula is C24H28N4O3S. The van der Waals surface area contributed by atoms with Crippen LogP contribution < -0.4 is 10.7 Å². The van der Waals surface area contributed by atoms with E-state index >= 15 is 0 Å². The highest BCUT2D eigenvalue weighted by Crippen LogP contribution is 2.34. The number of fused-ring (bicyclic) bond motifs is 1. The number of esters is 1. The summed E-state index contributed by atoms with van der Waals surface area (Å²) in [5.74, 6) is -0.0738. The number of amides is 1. The van der Waals surface area contributed by atoms with Crippen LogP contribution in [0.5, 0.6) is 0 Å². The van der Waals surface area contributed by atoms with E-state index in [2.05, 4.69) is 48.7 Å². The number of carbonyl (C=O) groups excluding carboxylic acids is 2. The minimum Gasteiger partial charge on any atom is -0.462 e. The van der Waals surface area contributed by atoms with Crippen molar-refractivity contribution in [3.05, 3.63) is 50.9 Å². The Morgan fingerprint density at radius 2 is 1.81 bits per heavy atom. The van der Waals surface area contributed by atoms with Crippen molar-refractivity contribution in [1.82, 2.24) is 4.98 Å². The summed E-state index contributed by atoms with van der Waals surface area (Å²) < 4.78 is 5.18. The zero-order valence-corrected chi connectivity index (χ0v) is 20.3. The molecule has 0 bridgehead atoms. The lowest BCUT2D eigenvalue weighted by Crippen LogP contribution is -2.11. The summed E-state index contributed by atoms with van der Waals surface area (Å²) >= 11 is 1.30. The predicted molar refractivity (Wildman–Crippen MR) is 131 cm³/mol. The number of hydrogen-bond donors (Lipinski definition) is 2. The molecule has 8 heteroatoms. The van der Waals surface area contributed by atoms with Gasteiger partial charge in [0, 0.05) is 12.3 Å². The largest absolute Gasteiger partial charge is 0.462 e. The molecule has 0 unspecified atom stereocenters. The Kier molecular flexibility index (Phi) is 6.93. The maximum atomic E-state index is 12.5. The normalized spacial score (nSPS) is 11.5. The fraction of sp³-hybridized carbons (Fsp3) is 0.333. The van der Waals surface area contributed by atoms with E-state index < -0.39 is 5.97 Å². The molecule has 3 rings (SSSR count). The van der Waals surface area contributed by atoms with E-state index in [1.807, 2.05) is 19.9 Å². The van der Waals surface area contributed by atoms with E-state index in [0.29, 0.717) is 27.7 Å². The van der Waals surface area contributed by atoms with E-state index in [0.717, 1.165) is 26.9 Å². The second-order valence-corrected chi connectivity index (χ2v) is 8.79. The van der Waals surface area contributed by atoms with Gasteiger partial charge in [-0.05, 0) is 70.4 Å². The number of pyridine rings is 1. The standard InChI is InChI=1S/C24H28N4O3S/c1-8-31-24(30)20-15(5)22(32-23(20)25-17(7)29)16(6)27-28-19-11-13(3)18-10-12(2)9-14(4)21(18)26-19/h9-11H,8H2,1-7H3,(H,25,29)(H,26,28)/b27-16+. The molecule has 3 aromatic rings. The second-order valence-electron chi connectivity index (χ2n) is 7.77. The van der Waals surface area contributed by atoms with Crippen molar-refractivity contribution in [2.24, 2.45) is 5.10 Å². The average Bonchev–Trinajstić information content (AvgIpc) is 3.02. The Hall–Kier alpha value is -3.26. The average molecular weight is 453 g/mol. The number of ether oxygens (including phenoxy) is 1. The number of hydrogen-bond acceptors (Lipinski definition) is 7. The molecular weight excluding hydrogens is 424 g/mol. The molecule has 1 aromatic carbocycles. The zero-order chi connectivity index (χ0) is 23.6. The van der Waals surface area contributed by atoms with Crippen LogP contribution in [0.4, 0.5) is 10.8 Å². The van der Waals surface area contributed by atoms with Gasteiger partial charge in [-0.3, -0.25) is 10.2 Å². The van der Waals surface area contributed by atoms with Gasteiger partial charge in [-0.15, -0.1) is 11.3 Å². The van der Waals surface area contributed by atoms with Crippen molar-refractivity contribution in [1.29, 1.82) is 0 Å². The number of aromatic nitrogens is 1. The SMILES string of the molecule is CCOC(=O)c1c(NC(C)=O)sc(/C(C)=N/Nc2cc(C)c3cc(C)cc(C)c3n2)c1C. The molecule has 2 aromatic heterocycles. The number of aryl methyl sites for hydroxylation is 3. The molecule has 168 valence electrons. The van der Waals surface area contributed by atoms with Crippen LogP contribution in [0, 0.1) is 27.7 Å². The first kappa shape index (κ1) is 23.4. The van der Waals surface area contributed by atoms with Crippen molar-refractivity contribution in [3.8, 4) is 0 Å². The van der Waals surface area contributed by atoms with Crippen LogP contribution in [0.15, 0.2) is 23.3 Å². The topological polar surface area (TPSA) is 92.7 Å². The molecule has 2 N–H and O–H groups in total. The van der Waals surface area contributed by atoms with Crippen molar-refractivity contribution >= 4 is 50.6 Å². The Balaban J connectivity index is 1.97. The number of thiophene rings is 1. The van der Waals surface area contributed by atoms with Gasteiger partial charge in [-0.1, -0.05) is 11.6 Å². The first-order valence-corrected chi connectivity index (χ1v) is 11.2. The van der Waals surface area contributed by atoms with Crippen LogP contribution in [0.1, 0.15) is 58.3 Å². The molecule has 0 spiro atoms. The Morgan fingerprint density at radius 3 is 2.47 bits per heavy atom. The number of benzene rings is 1. The third kappa shape index (κ3) is 4.80. The van der Waals surface area contributed by atoms with Crippen molar-refractivity contribution in [2.45, 2.75) is 48.5 Å². The monoisotopic (exact) mass is 452 g/mol. The van der Waals surface area contributed by atoms with E-state index in [-0.39, 0.29) is 12.5 Å². The summed E-state index contributed by atoms with van der Waals surface area (Å²) in [6.07, 6.45) is 0. The Morgan fingerprint density at radius 1 is 1.09 bits per heavy atom. The lowest BCUT2D eigenvalue weighted by atomic mass is 10.0. The Labute approximate surface area is 191 Å². The summed E-state index contributed by atoms with van der Waals surface area (Å²) in [7, 11) is 0. The van der Waals surface area contributed by atoms with Gasteiger partial charge in [0.05, 0.1) is 28.3 Å². The number of anilines is 2. The molecule has 0 saturated carbocycles. The summed E-state index contributed by atoms with van der Waals surface area (Å²) in [6, 6.07) is 6.22. The molecule has 0 atom stereocenters. The fourth-order valence-corrected chi connectivity index (χ4v) is 4.84. The van der Waals surface area contributed by atoms with Crippen molar-refractivity contribution in [2.75, 3.05) is 17.3 Å². The minimum atomic E-state index is -0.463. The first-order valence-electron chi connectivity index (χ1n) is 10.4. The first-order chi connectivity index (χ1) is 15.1. The number of carbonyl (C=O) groups is 2. The van der Waals surface area contributed by atoms with Crippen LogP contribution in [-0.4, -0.2) is 29.2 Å². The molecule has 0 aliphatic carbocycles. The number of rotatable bonds is 6. The maximum absolute atomic E-state index is 12.5. The maximum Gasteiger partial charge on any atom is 0.341 e. The van der Waals surface area contributed by atoms with Crippen LogP contribution in [-0.2, 0) is 9.53 Å². The van der Waals surface area contributed by atoms with E-state index in [9.17, 15) is 9.59 Å². The van der Waals surface area contributed by atoms with Gasteiger partial charge < -0.3 is 10.1 Å². The number of hydrazone groups is 1. The quantitative estimate of drug-likeness (QED) is 0.293. The molecule has 0 aliphatic heterocycles. The molecule has 0 aliphatic rings. The summed E-state index contributed by atoms with van der Waals surface area (Å²) in [6.45, 7) is 13.3. The van der Waals surface area contributed by atoms with Crippen LogP contribution >= 0.6 is 11.3 Å². The zero-order valence-electron chi connectivity index (χ0n) is 19.5. The van der Waals surface area contributed by atoms with Crippen LogP contribution in [0.3, 0.4) is 0 Å². The second kappa shape index (κ2) is 9.48. The van der Waals surface area contributed by atoms with Crippen molar-refractivity contribution < 1.29 is 14.3 Å². The van der Waals surface area contributed by atoms with Gasteiger partial charge in [0.1, 0.15) is 10.8 Å². The molecule has 0 fully saturated rings. The number of nitrogens with one attached hydrogen (secondary N) is 2. The molecule has 7 nitrogen and oxygen atoms in total. The highest BCUT2D eigenvalue weighted by atomic mass is 32.1. The summed E-state index contributed by atoms with van der Waals surface area (Å²) in [5, 5.41) is 8.83. The smallest absolute Gasteiger partial charge is 0.341 e. The van der Waals surface area contributed by atoms with Gasteiger partial charge in [0.25, 0.3) is 0 Å². The van der Waals surface area contributed by atoms with E-state index in [4.69, 9.17) is 9.72 Å². The van der Waals surface area contributed by atoms with Gasteiger partial charge in [-0.25, -0.2) is 9.78 Å². The summed E-state index contributed by atoms with van der Waals surface area (Å²) in [5.41, 5.74) is 9.17. The molecule has 0 saturated heterocycles. The van der Waals surface area contributed by atoms with Crippen molar-refractivity contribution in [3.63, 3.8) is 0 Å². The lowest BCUT2D eigenvalue weighted by molar-refractivity contribution is -0.114. The van der Waals surface area contributed by atoms with Gasteiger partial charge >= 0.3 is 5.97 Å². The fourth-order valence-electron chi connectivity index (χ4n) is 3.65. The lowest BCUT2D eigenvalue weighted by Gasteiger charge is -2.10. The van der Waals surface area contributed by atoms with Gasteiger partial charge in [0.15, 0.2) is 0 Å². The van der Waals surface area contributed by atoms with E-state index in [1.54, 1.807) is 6.92 Å². The highest BCUT2D eigenvalue weighted by molar-refractivity contribution is 7.18. The molecule has 32 heavy (non-hydrogen) atoms. The third-order valence-corrected chi connectivity index (χ3v) is 6.35. The summed E-state index contributed by atoms with van der Waals surface area (Å²) in [4.78, 5) is 29.6. The van der Waals surface area contributed by atoms with Gasteiger partial charge in [-0.2, -0.15) is 5.10 Å². The molecule has 0 radical (unpaired) electrons. The minimum absolute atomic E-state index is 0.252. The predicted octanol–water partition coefficient (Wildman–Crippen LogP) is 5.50. The number of nitrogens with zero attached hydrogens (tertiary/aromatic N) is 2. The van der Waals surface area contributed by atoms with Gasteiger partial charge in [0.2, 0.25) is 5.91 Å². The molecule has 1 amide bonds.